The van der Waals surface area contributed by atoms with Gasteiger partial charge < -0.3 is 10.2 Å². The fourth-order valence-electron chi connectivity index (χ4n) is 2.89. The summed E-state index contributed by atoms with van der Waals surface area (Å²) in [4.78, 5) is 26.6. The molecule has 0 aliphatic carbocycles. The monoisotopic (exact) mass is 386 g/mol. The Balaban J connectivity index is 1.54. The van der Waals surface area contributed by atoms with Crippen LogP contribution in [0.25, 0.3) is 0 Å². The molecule has 0 unspecified atom stereocenters. The second kappa shape index (κ2) is 7.62. The SMILES string of the molecule is O=C(NC1CCN(C(=O)c2ccccc2)CC1)c1cccc(Br)c1. The van der Waals surface area contributed by atoms with Gasteiger partial charge in [0, 0.05) is 34.7 Å². The maximum atomic E-state index is 12.4. The fraction of sp³-hybridized carbons (Fsp3) is 0.263. The minimum Gasteiger partial charge on any atom is -0.349 e. The molecular weight excluding hydrogens is 368 g/mol. The first-order chi connectivity index (χ1) is 11.6. The first-order valence-electron chi connectivity index (χ1n) is 8.04. The van der Waals surface area contributed by atoms with Crippen molar-refractivity contribution in [1.82, 2.24) is 10.2 Å². The molecule has 0 radical (unpaired) electrons. The Bertz CT molecular complexity index is 725. The van der Waals surface area contributed by atoms with Gasteiger partial charge in [0.05, 0.1) is 0 Å². The number of halogens is 1. The van der Waals surface area contributed by atoms with Gasteiger partial charge >= 0.3 is 0 Å². The molecule has 0 aromatic heterocycles. The van der Waals surface area contributed by atoms with Crippen LogP contribution in [0.3, 0.4) is 0 Å². The zero-order chi connectivity index (χ0) is 16.9. The van der Waals surface area contributed by atoms with Gasteiger partial charge in [-0.2, -0.15) is 0 Å². The summed E-state index contributed by atoms with van der Waals surface area (Å²) >= 11 is 3.38. The minimum absolute atomic E-state index is 0.0624. The first kappa shape index (κ1) is 16.7. The zero-order valence-corrected chi connectivity index (χ0v) is 14.8. The highest BCUT2D eigenvalue weighted by atomic mass is 79.9. The minimum atomic E-state index is -0.0656. The summed E-state index contributed by atoms with van der Waals surface area (Å²) in [5.74, 6) is -0.00324. The molecule has 3 rings (SSSR count). The van der Waals surface area contributed by atoms with Gasteiger partial charge in [0.1, 0.15) is 0 Å². The second-order valence-electron chi connectivity index (χ2n) is 5.92. The molecule has 0 atom stereocenters. The van der Waals surface area contributed by atoms with Crippen molar-refractivity contribution in [3.05, 3.63) is 70.2 Å². The Labute approximate surface area is 150 Å². The summed E-state index contributed by atoms with van der Waals surface area (Å²) in [6.45, 7) is 1.33. The van der Waals surface area contributed by atoms with E-state index >= 15 is 0 Å². The van der Waals surface area contributed by atoms with Crippen molar-refractivity contribution >= 4 is 27.7 Å². The lowest BCUT2D eigenvalue weighted by Gasteiger charge is -2.32. The molecule has 1 N–H and O–H groups in total. The van der Waals surface area contributed by atoms with Crippen LogP contribution < -0.4 is 5.32 Å². The molecule has 0 saturated carbocycles. The smallest absolute Gasteiger partial charge is 0.253 e. The van der Waals surface area contributed by atoms with Gasteiger partial charge in [-0.1, -0.05) is 40.2 Å². The van der Waals surface area contributed by atoms with Crippen LogP contribution in [0, 0.1) is 0 Å². The summed E-state index contributed by atoms with van der Waals surface area (Å²) in [6.07, 6.45) is 1.55. The van der Waals surface area contributed by atoms with E-state index in [1.807, 2.05) is 53.4 Å². The maximum absolute atomic E-state index is 12.4. The van der Waals surface area contributed by atoms with E-state index in [1.165, 1.54) is 0 Å². The Morgan fingerprint density at radius 2 is 1.62 bits per heavy atom. The second-order valence-corrected chi connectivity index (χ2v) is 6.83. The number of likely N-dealkylation sites (tertiary alicyclic amines) is 1. The average molecular weight is 387 g/mol. The molecule has 2 aromatic rings. The van der Waals surface area contributed by atoms with Crippen molar-refractivity contribution < 1.29 is 9.59 Å². The van der Waals surface area contributed by atoms with Crippen LogP contribution in [0.4, 0.5) is 0 Å². The van der Waals surface area contributed by atoms with E-state index < -0.39 is 0 Å². The third-order valence-electron chi connectivity index (χ3n) is 4.22. The lowest BCUT2D eigenvalue weighted by atomic mass is 10.0. The van der Waals surface area contributed by atoms with Crippen LogP contribution in [0.15, 0.2) is 59.1 Å². The number of nitrogens with zero attached hydrogens (tertiary/aromatic N) is 1. The van der Waals surface area contributed by atoms with Crippen LogP contribution in [0.1, 0.15) is 33.6 Å². The lowest BCUT2D eigenvalue weighted by molar-refractivity contribution is 0.0698. The number of carbonyl (C=O) groups excluding carboxylic acids is 2. The number of piperidine rings is 1. The number of rotatable bonds is 3. The van der Waals surface area contributed by atoms with Crippen LogP contribution in [-0.4, -0.2) is 35.8 Å². The lowest BCUT2D eigenvalue weighted by Crippen LogP contribution is -2.46. The molecule has 24 heavy (non-hydrogen) atoms. The van der Waals surface area contributed by atoms with Crippen molar-refractivity contribution in [2.45, 2.75) is 18.9 Å². The highest BCUT2D eigenvalue weighted by Crippen LogP contribution is 2.16. The third kappa shape index (κ3) is 4.03. The Morgan fingerprint density at radius 3 is 2.29 bits per heavy atom. The van der Waals surface area contributed by atoms with Gasteiger partial charge in [0.25, 0.3) is 11.8 Å². The van der Waals surface area contributed by atoms with Gasteiger partial charge in [-0.25, -0.2) is 0 Å². The highest BCUT2D eigenvalue weighted by molar-refractivity contribution is 9.10. The maximum Gasteiger partial charge on any atom is 0.253 e. The van der Waals surface area contributed by atoms with E-state index in [2.05, 4.69) is 21.2 Å². The predicted octanol–water partition coefficient (Wildman–Crippen LogP) is 3.48. The summed E-state index contributed by atoms with van der Waals surface area (Å²) < 4.78 is 0.887. The van der Waals surface area contributed by atoms with Gasteiger partial charge in [0.15, 0.2) is 0 Å². The molecule has 2 amide bonds. The molecule has 1 aliphatic heterocycles. The van der Waals surface area contributed by atoms with Crippen LogP contribution in [0.5, 0.6) is 0 Å². The number of hydrogen-bond donors (Lipinski definition) is 1. The standard InChI is InChI=1S/C19H19BrN2O2/c20-16-8-4-7-15(13-16)18(23)21-17-9-11-22(12-10-17)19(24)14-5-2-1-3-6-14/h1-8,13,17H,9-12H2,(H,21,23). The largest absolute Gasteiger partial charge is 0.349 e. The van der Waals surface area contributed by atoms with E-state index in [4.69, 9.17) is 0 Å². The number of nitrogens with one attached hydrogen (secondary N) is 1. The van der Waals surface area contributed by atoms with Crippen molar-refractivity contribution in [2.75, 3.05) is 13.1 Å². The van der Waals surface area contributed by atoms with Crippen molar-refractivity contribution in [3.63, 3.8) is 0 Å². The number of benzene rings is 2. The summed E-state index contributed by atoms with van der Waals surface area (Å²) in [5.41, 5.74) is 1.36. The molecule has 1 aliphatic rings. The predicted molar refractivity (Wildman–Crippen MR) is 97.0 cm³/mol. The summed E-state index contributed by atoms with van der Waals surface area (Å²) in [6, 6.07) is 16.8. The van der Waals surface area contributed by atoms with E-state index in [9.17, 15) is 9.59 Å². The Hall–Kier alpha value is -2.14. The van der Waals surface area contributed by atoms with Gasteiger partial charge in [-0.15, -0.1) is 0 Å². The molecule has 0 spiro atoms. The zero-order valence-electron chi connectivity index (χ0n) is 13.2. The molecule has 1 fully saturated rings. The van der Waals surface area contributed by atoms with E-state index in [1.54, 1.807) is 6.07 Å². The van der Waals surface area contributed by atoms with Crippen molar-refractivity contribution in [1.29, 1.82) is 0 Å². The summed E-state index contributed by atoms with van der Waals surface area (Å²) in [5, 5.41) is 3.06. The van der Waals surface area contributed by atoms with E-state index in [0.717, 1.165) is 17.3 Å². The number of carbonyl (C=O) groups is 2. The Morgan fingerprint density at radius 1 is 0.958 bits per heavy atom. The molecule has 5 heteroatoms. The molecule has 0 bridgehead atoms. The van der Waals surface area contributed by atoms with E-state index in [-0.39, 0.29) is 17.9 Å². The van der Waals surface area contributed by atoms with Crippen molar-refractivity contribution in [3.8, 4) is 0 Å². The average Bonchev–Trinajstić information content (AvgIpc) is 2.62. The quantitative estimate of drug-likeness (QED) is 0.877. The molecule has 4 nitrogen and oxygen atoms in total. The van der Waals surface area contributed by atoms with Gasteiger partial charge in [-0.05, 0) is 43.2 Å². The number of amides is 2. The van der Waals surface area contributed by atoms with Crippen LogP contribution in [0.2, 0.25) is 0 Å². The molecule has 124 valence electrons. The first-order valence-corrected chi connectivity index (χ1v) is 8.83. The highest BCUT2D eigenvalue weighted by Gasteiger charge is 2.24. The van der Waals surface area contributed by atoms with Gasteiger partial charge in [-0.3, -0.25) is 9.59 Å². The van der Waals surface area contributed by atoms with Crippen LogP contribution in [-0.2, 0) is 0 Å². The topological polar surface area (TPSA) is 49.4 Å². The molecule has 1 heterocycles. The molecule has 1 saturated heterocycles. The normalized spacial score (nSPS) is 15.1. The van der Waals surface area contributed by atoms with Crippen LogP contribution >= 0.6 is 15.9 Å². The molecular formula is C19H19BrN2O2. The fourth-order valence-corrected chi connectivity index (χ4v) is 3.29. The molecule has 2 aromatic carbocycles. The third-order valence-corrected chi connectivity index (χ3v) is 4.72. The van der Waals surface area contributed by atoms with E-state index in [0.29, 0.717) is 24.2 Å². The summed E-state index contributed by atoms with van der Waals surface area (Å²) in [7, 11) is 0. The van der Waals surface area contributed by atoms with Crippen molar-refractivity contribution in [2.24, 2.45) is 0 Å². The van der Waals surface area contributed by atoms with Gasteiger partial charge in [0.2, 0.25) is 0 Å². The number of hydrogen-bond acceptors (Lipinski definition) is 2. The Kier molecular flexibility index (Phi) is 5.30.